The molecule has 0 amide bonds. The summed E-state index contributed by atoms with van der Waals surface area (Å²) in [6.07, 6.45) is 0.505. The molecule has 5 nitrogen and oxygen atoms in total. The van der Waals surface area contributed by atoms with Gasteiger partial charge in [0.2, 0.25) is 0 Å². The van der Waals surface area contributed by atoms with Crippen LogP contribution >= 0.6 is 11.6 Å². The largest absolute Gasteiger partial charge is 0.492 e. The number of esters is 1. The molecule has 0 saturated heterocycles. The van der Waals surface area contributed by atoms with Crippen molar-refractivity contribution < 1.29 is 18.7 Å². The molecule has 0 fully saturated rings. The lowest BCUT2D eigenvalue weighted by molar-refractivity contribution is -0.151. The molecule has 0 radical (unpaired) electrons. The number of hydrogen-bond donors (Lipinski definition) is 0. The Hall–Kier alpha value is -2.79. The van der Waals surface area contributed by atoms with E-state index in [-0.39, 0.29) is 19.2 Å². The van der Waals surface area contributed by atoms with E-state index in [1.54, 1.807) is 18.2 Å². The van der Waals surface area contributed by atoms with Gasteiger partial charge < -0.3 is 13.9 Å². The van der Waals surface area contributed by atoms with Crippen molar-refractivity contribution in [2.75, 3.05) is 6.61 Å². The Labute approximate surface area is 166 Å². The highest BCUT2D eigenvalue weighted by Crippen LogP contribution is 2.30. The van der Waals surface area contributed by atoms with Gasteiger partial charge in [-0.1, -0.05) is 23.7 Å². The molecular weight excluding hydrogens is 380 g/mol. The fraction of sp³-hybridized carbons (Fsp3) is 0.273. The summed E-state index contributed by atoms with van der Waals surface area (Å²) in [4.78, 5) is 24.5. The van der Waals surface area contributed by atoms with Crippen molar-refractivity contribution in [2.24, 2.45) is 5.92 Å². The van der Waals surface area contributed by atoms with Crippen LogP contribution in [0.4, 0.5) is 0 Å². The van der Waals surface area contributed by atoms with Crippen LogP contribution in [0.5, 0.6) is 5.75 Å². The van der Waals surface area contributed by atoms with Crippen LogP contribution < -0.4 is 10.4 Å². The topological polar surface area (TPSA) is 65.7 Å². The maximum atomic E-state index is 12.6. The van der Waals surface area contributed by atoms with E-state index in [0.29, 0.717) is 22.6 Å². The molecule has 1 atom stereocenters. The molecule has 0 saturated carbocycles. The van der Waals surface area contributed by atoms with Gasteiger partial charge >= 0.3 is 11.6 Å². The van der Waals surface area contributed by atoms with E-state index in [0.717, 1.165) is 27.8 Å². The second-order valence-corrected chi connectivity index (χ2v) is 7.48. The van der Waals surface area contributed by atoms with Crippen LogP contribution in [0, 0.1) is 19.8 Å². The fourth-order valence-electron chi connectivity index (χ4n) is 3.43. The third kappa shape index (κ3) is 3.50. The Morgan fingerprint density at radius 2 is 2.04 bits per heavy atom. The molecule has 1 aliphatic heterocycles. The average Bonchev–Trinajstić information content (AvgIpc) is 2.68. The molecule has 1 aliphatic rings. The van der Waals surface area contributed by atoms with E-state index in [2.05, 4.69) is 0 Å². The van der Waals surface area contributed by atoms with Crippen molar-refractivity contribution in [3.63, 3.8) is 0 Å². The first kappa shape index (κ1) is 18.6. The van der Waals surface area contributed by atoms with Crippen LogP contribution in [-0.4, -0.2) is 12.6 Å². The minimum atomic E-state index is -0.461. The molecule has 144 valence electrons. The quantitative estimate of drug-likeness (QED) is 0.484. The molecule has 2 heterocycles. The van der Waals surface area contributed by atoms with E-state index >= 15 is 0 Å². The van der Waals surface area contributed by atoms with E-state index in [9.17, 15) is 9.59 Å². The van der Waals surface area contributed by atoms with E-state index in [1.165, 1.54) is 6.07 Å². The van der Waals surface area contributed by atoms with Gasteiger partial charge in [0.05, 0.1) is 5.92 Å². The van der Waals surface area contributed by atoms with Crippen molar-refractivity contribution >= 4 is 28.5 Å². The van der Waals surface area contributed by atoms with Crippen LogP contribution in [0.1, 0.15) is 22.3 Å². The molecule has 0 unspecified atom stereocenters. The monoisotopic (exact) mass is 398 g/mol. The van der Waals surface area contributed by atoms with Crippen molar-refractivity contribution in [1.29, 1.82) is 0 Å². The molecule has 0 N–H and O–H groups in total. The first-order chi connectivity index (χ1) is 13.4. The Kier molecular flexibility index (Phi) is 4.85. The number of hydrogen-bond acceptors (Lipinski definition) is 5. The Balaban J connectivity index is 1.53. The van der Waals surface area contributed by atoms with Gasteiger partial charge in [-0.25, -0.2) is 4.79 Å². The number of rotatable bonds is 3. The number of halogens is 1. The maximum absolute atomic E-state index is 12.6. The van der Waals surface area contributed by atoms with E-state index in [4.69, 9.17) is 25.5 Å². The highest BCUT2D eigenvalue weighted by molar-refractivity contribution is 6.30. The highest BCUT2D eigenvalue weighted by Gasteiger charge is 2.27. The molecule has 4 rings (SSSR count). The Morgan fingerprint density at radius 3 is 2.86 bits per heavy atom. The van der Waals surface area contributed by atoms with Gasteiger partial charge in [-0.2, -0.15) is 0 Å². The van der Waals surface area contributed by atoms with Gasteiger partial charge in [0.15, 0.2) is 0 Å². The van der Waals surface area contributed by atoms with Crippen molar-refractivity contribution in [1.82, 2.24) is 0 Å². The lowest BCUT2D eigenvalue weighted by atomic mass is 9.97. The summed E-state index contributed by atoms with van der Waals surface area (Å²) in [7, 11) is 0. The summed E-state index contributed by atoms with van der Waals surface area (Å²) < 4.78 is 16.5. The van der Waals surface area contributed by atoms with Crippen molar-refractivity contribution in [3.8, 4) is 5.75 Å². The first-order valence-corrected chi connectivity index (χ1v) is 9.41. The predicted octanol–water partition coefficient (Wildman–Crippen LogP) is 4.36. The van der Waals surface area contributed by atoms with Crippen LogP contribution in [0.25, 0.3) is 11.0 Å². The van der Waals surface area contributed by atoms with Gasteiger partial charge in [0, 0.05) is 22.0 Å². The Bertz CT molecular complexity index is 1130. The predicted molar refractivity (Wildman–Crippen MR) is 106 cm³/mol. The average molecular weight is 399 g/mol. The van der Waals surface area contributed by atoms with Crippen LogP contribution in [-0.2, 0) is 22.6 Å². The van der Waals surface area contributed by atoms with Crippen LogP contribution in [0.15, 0.2) is 45.6 Å². The number of benzene rings is 2. The lowest BCUT2D eigenvalue weighted by Crippen LogP contribution is -2.29. The standard InChI is InChI=1S/C22H19ClO5/c1-12-3-5-18-15(9-20(24)28-21(18)13(12)2)10-27-22(25)16-7-14-8-17(23)4-6-19(14)26-11-16/h3-6,8-9,16H,7,10-11H2,1-2H3/t16-/m0/s1. The van der Waals surface area contributed by atoms with E-state index < -0.39 is 11.5 Å². The minimum Gasteiger partial charge on any atom is -0.492 e. The summed E-state index contributed by atoms with van der Waals surface area (Å²) in [5, 5.41) is 1.37. The molecule has 0 bridgehead atoms. The summed E-state index contributed by atoms with van der Waals surface area (Å²) in [5.41, 5.74) is 3.51. The summed E-state index contributed by atoms with van der Waals surface area (Å²) in [5.74, 6) is -0.0388. The SMILES string of the molecule is Cc1ccc2c(COC(=O)[C@@H]3COc4ccc(Cl)cc4C3)cc(=O)oc2c1C. The van der Waals surface area contributed by atoms with Crippen molar-refractivity contribution in [2.45, 2.75) is 26.9 Å². The smallest absolute Gasteiger partial charge is 0.336 e. The molecule has 1 aromatic heterocycles. The summed E-state index contributed by atoms with van der Waals surface area (Å²) in [6.45, 7) is 4.11. The van der Waals surface area contributed by atoms with Gasteiger partial charge in [0.25, 0.3) is 0 Å². The first-order valence-electron chi connectivity index (χ1n) is 9.03. The van der Waals surface area contributed by atoms with Gasteiger partial charge in [-0.15, -0.1) is 0 Å². The zero-order valence-corrected chi connectivity index (χ0v) is 16.3. The van der Waals surface area contributed by atoms with Gasteiger partial charge in [-0.3, -0.25) is 4.79 Å². The molecule has 3 aromatic rings. The second kappa shape index (κ2) is 7.32. The number of carbonyl (C=O) groups excluding carboxylic acids is 1. The normalized spacial score (nSPS) is 15.8. The molecule has 0 spiro atoms. The number of ether oxygens (including phenoxy) is 2. The van der Waals surface area contributed by atoms with Crippen LogP contribution in [0.3, 0.4) is 0 Å². The van der Waals surface area contributed by atoms with Gasteiger partial charge in [0.1, 0.15) is 24.5 Å². The van der Waals surface area contributed by atoms with Crippen molar-refractivity contribution in [3.05, 3.63) is 74.1 Å². The number of fused-ring (bicyclic) bond motifs is 2. The third-order valence-corrected chi connectivity index (χ3v) is 5.38. The fourth-order valence-corrected chi connectivity index (χ4v) is 3.62. The summed E-state index contributed by atoms with van der Waals surface area (Å²) >= 11 is 6.03. The lowest BCUT2D eigenvalue weighted by Gasteiger charge is -2.24. The highest BCUT2D eigenvalue weighted by atomic mass is 35.5. The molecule has 0 aliphatic carbocycles. The summed E-state index contributed by atoms with van der Waals surface area (Å²) in [6, 6.07) is 10.6. The molecule has 2 aromatic carbocycles. The van der Waals surface area contributed by atoms with E-state index in [1.807, 2.05) is 26.0 Å². The molecule has 6 heteroatoms. The number of aryl methyl sites for hydroxylation is 2. The zero-order valence-electron chi connectivity index (χ0n) is 15.6. The second-order valence-electron chi connectivity index (χ2n) is 7.05. The molecular formula is C22H19ClO5. The Morgan fingerprint density at radius 1 is 1.21 bits per heavy atom. The zero-order chi connectivity index (χ0) is 19.8. The van der Waals surface area contributed by atoms with Crippen LogP contribution in [0.2, 0.25) is 5.02 Å². The third-order valence-electron chi connectivity index (χ3n) is 5.15. The molecule has 28 heavy (non-hydrogen) atoms. The minimum absolute atomic E-state index is 0.00232. The maximum Gasteiger partial charge on any atom is 0.336 e. The van der Waals surface area contributed by atoms with Gasteiger partial charge in [-0.05, 0) is 55.2 Å². The number of carbonyl (C=O) groups is 1.